The lowest BCUT2D eigenvalue weighted by molar-refractivity contribution is 0.0938. The lowest BCUT2D eigenvalue weighted by Gasteiger charge is -2.11. The number of hydrogen-bond acceptors (Lipinski definition) is 2. The van der Waals surface area contributed by atoms with Gasteiger partial charge in [-0.15, -0.1) is 0 Å². The molecular weight excluding hydrogens is 234 g/mol. The van der Waals surface area contributed by atoms with Gasteiger partial charge in [0.25, 0.3) is 0 Å². The molecule has 1 atom stereocenters. The normalized spacial score (nSPS) is 18.1. The quantitative estimate of drug-likeness (QED) is 0.765. The lowest BCUT2D eigenvalue weighted by atomic mass is 10.0. The average Bonchev–Trinajstić information content (AvgIpc) is 2.73. The van der Waals surface area contributed by atoms with Gasteiger partial charge in [0.15, 0.2) is 0 Å². The Labute approximate surface area is 105 Å². The van der Waals surface area contributed by atoms with E-state index in [2.05, 4.69) is 11.1 Å². The molecule has 0 saturated carbocycles. The van der Waals surface area contributed by atoms with E-state index in [1.807, 2.05) is 37.4 Å². The van der Waals surface area contributed by atoms with E-state index >= 15 is 0 Å². The Morgan fingerprint density at radius 3 is 2.82 bits per heavy atom. The molecule has 17 heavy (non-hydrogen) atoms. The van der Waals surface area contributed by atoms with Gasteiger partial charge < -0.3 is 4.74 Å². The Balaban J connectivity index is 2.01. The molecule has 0 radical (unpaired) electrons. The summed E-state index contributed by atoms with van der Waals surface area (Å²) in [6.45, 7) is 2.65. The molecule has 0 N–H and O–H groups in total. The lowest BCUT2D eigenvalue weighted by Crippen LogP contribution is -1.98. The molecule has 0 fully saturated rings. The SMILES string of the molecule is Cc1cc2c(cn1)C(c1ccc(Cl)cc1)OC2. The van der Waals surface area contributed by atoms with Crippen LogP contribution in [0.2, 0.25) is 5.02 Å². The van der Waals surface area contributed by atoms with E-state index in [0.717, 1.165) is 21.8 Å². The van der Waals surface area contributed by atoms with Crippen LogP contribution >= 0.6 is 11.6 Å². The third-order valence-electron chi connectivity index (χ3n) is 3.02. The summed E-state index contributed by atoms with van der Waals surface area (Å²) in [4.78, 5) is 4.34. The van der Waals surface area contributed by atoms with Crippen LogP contribution < -0.4 is 0 Å². The largest absolute Gasteiger partial charge is 0.364 e. The van der Waals surface area contributed by atoms with Crippen LogP contribution in [0.4, 0.5) is 0 Å². The first-order chi connectivity index (χ1) is 8.24. The third-order valence-corrected chi connectivity index (χ3v) is 3.27. The van der Waals surface area contributed by atoms with E-state index in [1.165, 1.54) is 5.56 Å². The minimum Gasteiger partial charge on any atom is -0.364 e. The number of pyridine rings is 1. The van der Waals surface area contributed by atoms with Gasteiger partial charge >= 0.3 is 0 Å². The number of halogens is 1. The first-order valence-corrected chi connectivity index (χ1v) is 5.94. The summed E-state index contributed by atoms with van der Waals surface area (Å²) in [5.41, 5.74) is 4.55. The number of fused-ring (bicyclic) bond motifs is 1. The highest BCUT2D eigenvalue weighted by Crippen LogP contribution is 2.35. The van der Waals surface area contributed by atoms with Crippen LogP contribution in [0, 0.1) is 6.92 Å². The smallest absolute Gasteiger partial charge is 0.110 e. The van der Waals surface area contributed by atoms with Crippen molar-refractivity contribution >= 4 is 11.6 Å². The van der Waals surface area contributed by atoms with Gasteiger partial charge in [0.1, 0.15) is 6.10 Å². The Bertz CT molecular complexity index is 551. The van der Waals surface area contributed by atoms with E-state index in [-0.39, 0.29) is 6.10 Å². The maximum Gasteiger partial charge on any atom is 0.110 e. The van der Waals surface area contributed by atoms with Gasteiger partial charge in [-0.25, -0.2) is 0 Å². The number of hydrogen-bond donors (Lipinski definition) is 0. The van der Waals surface area contributed by atoms with Gasteiger partial charge in [0, 0.05) is 22.5 Å². The highest BCUT2D eigenvalue weighted by Gasteiger charge is 2.25. The minimum absolute atomic E-state index is 0.00429. The van der Waals surface area contributed by atoms with E-state index in [1.54, 1.807) is 0 Å². The van der Waals surface area contributed by atoms with Crippen molar-refractivity contribution in [3.05, 3.63) is 63.9 Å². The molecule has 1 aliphatic heterocycles. The Morgan fingerprint density at radius 1 is 1.29 bits per heavy atom. The standard InChI is InChI=1S/C14H12ClNO/c1-9-6-11-8-17-14(13(11)7-16-9)10-2-4-12(15)5-3-10/h2-7,14H,8H2,1H3. The molecule has 2 heterocycles. The second-order valence-electron chi connectivity index (χ2n) is 4.27. The van der Waals surface area contributed by atoms with Gasteiger partial charge in [-0.3, -0.25) is 4.98 Å². The summed E-state index contributed by atoms with van der Waals surface area (Å²) in [5, 5.41) is 0.744. The zero-order valence-electron chi connectivity index (χ0n) is 9.48. The van der Waals surface area contributed by atoms with Crippen LogP contribution in [0.15, 0.2) is 36.5 Å². The monoisotopic (exact) mass is 245 g/mol. The second kappa shape index (κ2) is 4.13. The molecule has 86 valence electrons. The van der Waals surface area contributed by atoms with E-state index in [4.69, 9.17) is 16.3 Å². The van der Waals surface area contributed by atoms with E-state index in [0.29, 0.717) is 6.61 Å². The fourth-order valence-corrected chi connectivity index (χ4v) is 2.29. The number of rotatable bonds is 1. The van der Waals surface area contributed by atoms with Crippen LogP contribution in [-0.2, 0) is 11.3 Å². The van der Waals surface area contributed by atoms with Gasteiger partial charge in [-0.05, 0) is 36.2 Å². The summed E-state index contributed by atoms with van der Waals surface area (Å²) in [5.74, 6) is 0. The molecule has 0 aliphatic carbocycles. The summed E-state index contributed by atoms with van der Waals surface area (Å²) >= 11 is 5.89. The van der Waals surface area contributed by atoms with E-state index < -0.39 is 0 Å². The van der Waals surface area contributed by atoms with Gasteiger partial charge in [-0.2, -0.15) is 0 Å². The molecule has 1 aromatic carbocycles. The maximum atomic E-state index is 5.89. The molecule has 2 nitrogen and oxygen atoms in total. The van der Waals surface area contributed by atoms with Crippen molar-refractivity contribution in [2.75, 3.05) is 0 Å². The summed E-state index contributed by atoms with van der Waals surface area (Å²) in [7, 11) is 0. The molecule has 1 aliphatic rings. The van der Waals surface area contributed by atoms with Crippen molar-refractivity contribution in [1.82, 2.24) is 4.98 Å². The molecule has 3 rings (SSSR count). The third kappa shape index (κ3) is 1.94. The number of ether oxygens (including phenoxy) is 1. The summed E-state index contributed by atoms with van der Waals surface area (Å²) < 4.78 is 5.82. The number of aryl methyl sites for hydroxylation is 1. The molecule has 0 bridgehead atoms. The number of nitrogens with zero attached hydrogens (tertiary/aromatic N) is 1. The van der Waals surface area contributed by atoms with Gasteiger partial charge in [0.05, 0.1) is 6.61 Å². The van der Waals surface area contributed by atoms with Crippen molar-refractivity contribution in [3.8, 4) is 0 Å². The van der Waals surface area contributed by atoms with Crippen LogP contribution in [0.3, 0.4) is 0 Å². The molecule has 1 unspecified atom stereocenters. The van der Waals surface area contributed by atoms with Crippen molar-refractivity contribution in [2.45, 2.75) is 19.6 Å². The highest BCUT2D eigenvalue weighted by molar-refractivity contribution is 6.30. The van der Waals surface area contributed by atoms with Gasteiger partial charge in [-0.1, -0.05) is 23.7 Å². The second-order valence-corrected chi connectivity index (χ2v) is 4.70. The highest BCUT2D eigenvalue weighted by atomic mass is 35.5. The van der Waals surface area contributed by atoms with Crippen molar-refractivity contribution < 1.29 is 4.74 Å². The molecule has 3 heteroatoms. The van der Waals surface area contributed by atoms with Crippen LogP contribution in [0.5, 0.6) is 0 Å². The topological polar surface area (TPSA) is 22.1 Å². The Morgan fingerprint density at radius 2 is 2.06 bits per heavy atom. The number of aromatic nitrogens is 1. The first kappa shape index (κ1) is 10.8. The Kier molecular flexibility index (Phi) is 2.61. The van der Waals surface area contributed by atoms with Crippen molar-refractivity contribution in [1.29, 1.82) is 0 Å². The first-order valence-electron chi connectivity index (χ1n) is 5.56. The maximum absolute atomic E-state index is 5.89. The molecule has 0 amide bonds. The molecule has 0 saturated heterocycles. The number of benzene rings is 1. The zero-order chi connectivity index (χ0) is 11.8. The predicted octanol–water partition coefficient (Wildman–Crippen LogP) is 3.66. The molecular formula is C14H12ClNO. The van der Waals surface area contributed by atoms with Gasteiger partial charge in [0.2, 0.25) is 0 Å². The Hall–Kier alpha value is -1.38. The van der Waals surface area contributed by atoms with Crippen molar-refractivity contribution in [2.24, 2.45) is 0 Å². The summed E-state index contributed by atoms with van der Waals surface area (Å²) in [6, 6.07) is 9.87. The zero-order valence-corrected chi connectivity index (χ0v) is 10.2. The van der Waals surface area contributed by atoms with Crippen LogP contribution in [0.1, 0.15) is 28.5 Å². The minimum atomic E-state index is -0.00429. The van der Waals surface area contributed by atoms with Crippen LogP contribution in [0.25, 0.3) is 0 Å². The fraction of sp³-hybridized carbons (Fsp3) is 0.214. The molecule has 2 aromatic rings. The predicted molar refractivity (Wildman–Crippen MR) is 67.1 cm³/mol. The fourth-order valence-electron chi connectivity index (χ4n) is 2.16. The molecule has 1 aromatic heterocycles. The summed E-state index contributed by atoms with van der Waals surface area (Å²) in [6.07, 6.45) is 1.91. The van der Waals surface area contributed by atoms with Crippen molar-refractivity contribution in [3.63, 3.8) is 0 Å². The van der Waals surface area contributed by atoms with E-state index in [9.17, 15) is 0 Å². The molecule has 0 spiro atoms. The average molecular weight is 246 g/mol. The van der Waals surface area contributed by atoms with Crippen LogP contribution in [-0.4, -0.2) is 4.98 Å².